The molecule has 0 saturated heterocycles. The summed E-state index contributed by atoms with van der Waals surface area (Å²) in [7, 11) is 3.39. The Morgan fingerprint density at radius 1 is 0.583 bits per heavy atom. The minimum absolute atomic E-state index is 0.120. The Hall–Kier alpha value is -1.94. The van der Waals surface area contributed by atoms with Crippen LogP contribution in [-0.2, 0) is 3.43 Å². The summed E-state index contributed by atoms with van der Waals surface area (Å²) < 4.78 is 10.5. The van der Waals surface area contributed by atoms with Crippen molar-refractivity contribution in [1.29, 1.82) is 0 Å². The van der Waals surface area contributed by atoms with E-state index in [-0.39, 0.29) is 3.43 Å². The van der Waals surface area contributed by atoms with Gasteiger partial charge < -0.3 is 0 Å². The molecule has 0 spiro atoms. The summed E-state index contributed by atoms with van der Waals surface area (Å²) in [6.45, 7) is 0. The van der Waals surface area contributed by atoms with E-state index in [0.29, 0.717) is 0 Å². The van der Waals surface area contributed by atoms with Gasteiger partial charge in [0, 0.05) is 0 Å². The van der Waals surface area contributed by atoms with Gasteiger partial charge in [-0.05, 0) is 0 Å². The van der Waals surface area contributed by atoms with Crippen LogP contribution in [-0.4, -0.2) is 36.7 Å². The average Bonchev–Trinajstić information content (AvgIpc) is 2.68. The molecule has 0 aliphatic heterocycles. The fraction of sp³-hybridized carbons (Fsp3) is 0.143. The molecule has 0 N–H and O–H groups in total. The van der Waals surface area contributed by atoms with Gasteiger partial charge in [-0.25, -0.2) is 0 Å². The van der Waals surface area contributed by atoms with E-state index in [9.17, 15) is 0 Å². The minimum atomic E-state index is -0.120. The second kappa shape index (κ2) is 7.30. The van der Waals surface area contributed by atoms with Crippen molar-refractivity contribution in [3.8, 4) is 11.5 Å². The normalized spacial score (nSPS) is 11.1. The van der Waals surface area contributed by atoms with Crippen LogP contribution in [0.2, 0.25) is 0 Å². The molecule has 0 aromatic heterocycles. The van der Waals surface area contributed by atoms with Crippen LogP contribution in [0.15, 0.2) is 78.9 Å². The Morgan fingerprint density at radius 2 is 0.958 bits per heavy atom. The molecule has 3 aromatic rings. The molecule has 2 radical (unpaired) electrons. The van der Waals surface area contributed by atoms with Crippen molar-refractivity contribution in [2.24, 2.45) is 0 Å². The molecule has 0 bridgehead atoms. The zero-order valence-corrected chi connectivity index (χ0v) is 17.2. The first-order valence-corrected chi connectivity index (χ1v) is 9.46. The van der Waals surface area contributed by atoms with Crippen molar-refractivity contribution in [3.05, 3.63) is 95.6 Å². The van der Waals surface area contributed by atoms with Gasteiger partial charge in [0.05, 0.1) is 0 Å². The number of rotatable bonds is 5. The Bertz CT molecular complexity index is 733. The summed E-state index contributed by atoms with van der Waals surface area (Å²) in [5, 5.41) is 0. The zero-order chi connectivity index (χ0) is 17.0. The molecule has 3 aromatic carbocycles. The monoisotopic (exact) mass is 424 g/mol. The summed E-state index contributed by atoms with van der Waals surface area (Å²) in [6, 6.07) is 27.5. The molecule has 3 rings (SSSR count). The summed E-state index contributed by atoms with van der Waals surface area (Å²) in [5.41, 5.74) is 3.87. The summed E-state index contributed by atoms with van der Waals surface area (Å²) >= 11 is 1.03. The molecule has 2 nitrogen and oxygen atoms in total. The van der Waals surface area contributed by atoms with Crippen molar-refractivity contribution in [3.63, 3.8) is 0 Å². The van der Waals surface area contributed by atoms with E-state index in [2.05, 4.69) is 54.6 Å². The van der Waals surface area contributed by atoms with Crippen LogP contribution in [0.25, 0.3) is 0 Å². The van der Waals surface area contributed by atoms with Gasteiger partial charge in [0.25, 0.3) is 0 Å². The van der Waals surface area contributed by atoms with Crippen LogP contribution in [0, 0.1) is 0 Å². The van der Waals surface area contributed by atoms with Gasteiger partial charge in [0.15, 0.2) is 0 Å². The molecule has 0 atom stereocenters. The van der Waals surface area contributed by atoms with Crippen molar-refractivity contribution in [2.75, 3.05) is 14.2 Å². The second-order valence-corrected chi connectivity index (χ2v) is 8.10. The van der Waals surface area contributed by atoms with Gasteiger partial charge in [0.1, 0.15) is 0 Å². The van der Waals surface area contributed by atoms with E-state index in [4.69, 9.17) is 9.47 Å². The van der Waals surface area contributed by atoms with Crippen LogP contribution in [0.1, 0.15) is 16.7 Å². The van der Waals surface area contributed by atoms with Crippen molar-refractivity contribution < 1.29 is 9.47 Å². The maximum atomic E-state index is 5.32. The number of hydrogen-bond acceptors (Lipinski definition) is 2. The molecule has 3 heteroatoms. The quantitative estimate of drug-likeness (QED) is 0.458. The summed E-state index contributed by atoms with van der Waals surface area (Å²) in [4.78, 5) is 0. The average molecular weight is 423 g/mol. The molecule has 0 saturated carbocycles. The number of hydrogen-bond donors (Lipinski definition) is 0. The van der Waals surface area contributed by atoms with Gasteiger partial charge >= 0.3 is 157 Å². The van der Waals surface area contributed by atoms with Gasteiger partial charge in [-0.1, -0.05) is 0 Å². The standard InChI is InChI=1S/C21H19O2.Sn.H/c1-22-19-12-8-17(9-13-19)21(16-6-4-3-5-7-16)18-10-14-20(23-2)15-11-18;;/h3-15H,1-2H3;;. The third-order valence-electron chi connectivity index (χ3n) is 4.32. The molecular weight excluding hydrogens is 403 g/mol. The van der Waals surface area contributed by atoms with Crippen LogP contribution in [0.3, 0.4) is 0 Å². The second-order valence-electron chi connectivity index (χ2n) is 5.63. The SMILES string of the molecule is COc1ccc([C]([SnH])(c2ccccc2)c2ccc(OC)cc2)cc1. The number of ether oxygens (including phenoxy) is 2. The van der Waals surface area contributed by atoms with Crippen LogP contribution >= 0.6 is 0 Å². The van der Waals surface area contributed by atoms with Crippen molar-refractivity contribution >= 4 is 22.5 Å². The van der Waals surface area contributed by atoms with E-state index >= 15 is 0 Å². The van der Waals surface area contributed by atoms with E-state index in [1.54, 1.807) is 14.2 Å². The predicted molar refractivity (Wildman–Crippen MR) is 99.5 cm³/mol. The fourth-order valence-corrected chi connectivity index (χ4v) is 4.56. The van der Waals surface area contributed by atoms with Gasteiger partial charge in [-0.3, -0.25) is 0 Å². The first-order valence-electron chi connectivity index (χ1n) is 7.82. The molecule has 0 heterocycles. The van der Waals surface area contributed by atoms with Gasteiger partial charge in [-0.15, -0.1) is 0 Å². The Kier molecular flexibility index (Phi) is 5.14. The van der Waals surface area contributed by atoms with Crippen LogP contribution < -0.4 is 9.47 Å². The number of methoxy groups -OCH3 is 2. The van der Waals surface area contributed by atoms with E-state index < -0.39 is 0 Å². The van der Waals surface area contributed by atoms with Crippen LogP contribution in [0.5, 0.6) is 11.5 Å². The molecule has 0 aliphatic carbocycles. The summed E-state index contributed by atoms with van der Waals surface area (Å²) in [6.07, 6.45) is 0. The third-order valence-corrected chi connectivity index (χ3v) is 7.17. The topological polar surface area (TPSA) is 18.5 Å². The first-order chi connectivity index (χ1) is 11.7. The maximum absolute atomic E-state index is 5.32. The molecule has 0 aliphatic rings. The van der Waals surface area contributed by atoms with E-state index in [0.717, 1.165) is 34.0 Å². The fourth-order valence-electron chi connectivity index (χ4n) is 2.91. The zero-order valence-electron chi connectivity index (χ0n) is 13.9. The van der Waals surface area contributed by atoms with Gasteiger partial charge in [0.2, 0.25) is 0 Å². The van der Waals surface area contributed by atoms with E-state index in [1.165, 1.54) is 16.7 Å². The number of benzene rings is 3. The third kappa shape index (κ3) is 3.15. The Morgan fingerprint density at radius 3 is 1.33 bits per heavy atom. The first kappa shape index (κ1) is 16.9. The van der Waals surface area contributed by atoms with Gasteiger partial charge in [-0.2, -0.15) is 0 Å². The van der Waals surface area contributed by atoms with Crippen molar-refractivity contribution in [1.82, 2.24) is 0 Å². The Labute approximate surface area is 156 Å². The molecule has 0 unspecified atom stereocenters. The van der Waals surface area contributed by atoms with E-state index in [1.807, 2.05) is 24.3 Å². The predicted octanol–water partition coefficient (Wildman–Crippen LogP) is 3.90. The Balaban J connectivity index is 2.16. The molecular formula is C21H20O2Sn. The molecule has 120 valence electrons. The van der Waals surface area contributed by atoms with Crippen LogP contribution in [0.4, 0.5) is 0 Å². The van der Waals surface area contributed by atoms with Crippen molar-refractivity contribution in [2.45, 2.75) is 3.43 Å². The molecule has 0 amide bonds. The molecule has 24 heavy (non-hydrogen) atoms. The molecule has 0 fully saturated rings. The summed E-state index contributed by atoms with van der Waals surface area (Å²) in [5.74, 6) is 1.76.